The van der Waals surface area contributed by atoms with Gasteiger partial charge in [-0.1, -0.05) is 12.1 Å². The van der Waals surface area contributed by atoms with Gasteiger partial charge >= 0.3 is 0 Å². The summed E-state index contributed by atoms with van der Waals surface area (Å²) in [6.45, 7) is 0.584. The van der Waals surface area contributed by atoms with Crippen LogP contribution in [0.2, 0.25) is 0 Å². The van der Waals surface area contributed by atoms with Crippen molar-refractivity contribution in [3.63, 3.8) is 0 Å². The lowest BCUT2D eigenvalue weighted by Gasteiger charge is -2.01. The topological polar surface area (TPSA) is 30.7 Å². The van der Waals surface area contributed by atoms with Crippen molar-refractivity contribution >= 4 is 15.9 Å². The van der Waals surface area contributed by atoms with Gasteiger partial charge in [-0.3, -0.25) is 0 Å². The highest BCUT2D eigenvalue weighted by atomic mass is 79.9. The van der Waals surface area contributed by atoms with Crippen LogP contribution in [-0.2, 0) is 6.54 Å². The molecule has 0 aliphatic carbocycles. The van der Waals surface area contributed by atoms with E-state index in [0.29, 0.717) is 11.3 Å². The summed E-state index contributed by atoms with van der Waals surface area (Å²) < 4.78 is 15.0. The van der Waals surface area contributed by atoms with E-state index in [9.17, 15) is 4.39 Å². The second-order valence-electron chi connectivity index (χ2n) is 2.81. The predicted octanol–water partition coefficient (Wildman–Crippen LogP) is 2.23. The number of rotatable bonds is 2. The summed E-state index contributed by atoms with van der Waals surface area (Å²) in [6.07, 6.45) is 1.47. The van der Waals surface area contributed by atoms with Gasteiger partial charge in [0.2, 0.25) is 0 Å². The number of hydrogen-bond donors (Lipinski definition) is 0. The molecule has 14 heavy (non-hydrogen) atoms. The van der Waals surface area contributed by atoms with Gasteiger partial charge in [0.05, 0.1) is 6.54 Å². The molecule has 72 valence electrons. The van der Waals surface area contributed by atoms with Crippen LogP contribution in [-0.4, -0.2) is 14.8 Å². The van der Waals surface area contributed by atoms with E-state index < -0.39 is 0 Å². The molecule has 0 unspecified atom stereocenters. The zero-order valence-corrected chi connectivity index (χ0v) is 8.78. The summed E-state index contributed by atoms with van der Waals surface area (Å²) in [5.41, 5.74) is 0.984. The van der Waals surface area contributed by atoms with Gasteiger partial charge in [-0.15, -0.1) is 0 Å². The van der Waals surface area contributed by atoms with Crippen LogP contribution in [0.25, 0.3) is 0 Å². The molecule has 0 atom stereocenters. The fourth-order valence-electron chi connectivity index (χ4n) is 1.12. The van der Waals surface area contributed by atoms with Crippen LogP contribution < -0.4 is 0 Å². The molecule has 0 aliphatic heterocycles. The second-order valence-corrected chi connectivity index (χ2v) is 3.52. The van der Waals surface area contributed by atoms with Crippen molar-refractivity contribution in [3.05, 3.63) is 46.7 Å². The molecule has 0 aliphatic rings. The Hall–Kier alpha value is -1.23. The van der Waals surface area contributed by atoms with E-state index in [-0.39, 0.29) is 5.82 Å². The van der Waals surface area contributed by atoms with E-state index in [1.807, 2.05) is 0 Å². The molecule has 0 spiro atoms. The van der Waals surface area contributed by atoms with Gasteiger partial charge in [0, 0.05) is 0 Å². The molecule has 1 aromatic carbocycles. The van der Waals surface area contributed by atoms with Gasteiger partial charge in [-0.05, 0) is 33.6 Å². The largest absolute Gasteiger partial charge is 0.236 e. The molecule has 0 saturated carbocycles. The lowest BCUT2D eigenvalue weighted by atomic mass is 10.2. The minimum absolute atomic E-state index is 0.230. The Bertz CT molecular complexity index is 424. The molecule has 0 radical (unpaired) electrons. The van der Waals surface area contributed by atoms with Crippen molar-refractivity contribution in [3.8, 4) is 0 Å². The first kappa shape index (κ1) is 9.33. The summed E-state index contributed by atoms with van der Waals surface area (Å²) >= 11 is 3.25. The van der Waals surface area contributed by atoms with Gasteiger partial charge in [0.1, 0.15) is 12.1 Å². The number of aromatic nitrogens is 3. The van der Waals surface area contributed by atoms with Crippen LogP contribution in [0.15, 0.2) is 35.3 Å². The molecule has 5 heteroatoms. The monoisotopic (exact) mass is 255 g/mol. The Balaban J connectivity index is 2.19. The number of hydrogen-bond acceptors (Lipinski definition) is 2. The fraction of sp³-hybridized carbons (Fsp3) is 0.111. The van der Waals surface area contributed by atoms with E-state index >= 15 is 0 Å². The van der Waals surface area contributed by atoms with E-state index in [1.165, 1.54) is 18.5 Å². The minimum Gasteiger partial charge on any atom is -0.236 e. The molecule has 2 rings (SSSR count). The normalized spacial score (nSPS) is 10.4. The van der Waals surface area contributed by atoms with E-state index in [2.05, 4.69) is 26.0 Å². The van der Waals surface area contributed by atoms with Gasteiger partial charge in [-0.25, -0.2) is 14.1 Å². The third kappa shape index (κ3) is 1.98. The smallest absolute Gasteiger partial charge is 0.195 e. The molecule has 0 N–H and O–H groups in total. The van der Waals surface area contributed by atoms with Gasteiger partial charge in [0.15, 0.2) is 4.73 Å². The lowest BCUT2D eigenvalue weighted by molar-refractivity contribution is 0.623. The van der Waals surface area contributed by atoms with Crippen molar-refractivity contribution in [2.24, 2.45) is 0 Å². The standard InChI is InChI=1S/C9H7BrFN3/c10-9-12-6-13-14(9)5-7-1-3-8(11)4-2-7/h1-4,6H,5H2. The Morgan fingerprint density at radius 3 is 2.57 bits per heavy atom. The summed E-state index contributed by atoms with van der Waals surface area (Å²) in [5, 5.41) is 4.00. The fourth-order valence-corrected chi connectivity index (χ4v) is 1.43. The number of halogens is 2. The predicted molar refractivity (Wildman–Crippen MR) is 53.2 cm³/mol. The van der Waals surface area contributed by atoms with Crippen molar-refractivity contribution in [2.45, 2.75) is 6.54 Å². The second kappa shape index (κ2) is 3.88. The third-order valence-corrected chi connectivity index (χ3v) is 2.43. The highest BCUT2D eigenvalue weighted by Gasteiger charge is 2.00. The van der Waals surface area contributed by atoms with E-state index in [0.717, 1.165) is 5.56 Å². The highest BCUT2D eigenvalue weighted by Crippen LogP contribution is 2.08. The van der Waals surface area contributed by atoms with Gasteiger partial charge in [0.25, 0.3) is 0 Å². The quantitative estimate of drug-likeness (QED) is 0.824. The average Bonchev–Trinajstić information content (AvgIpc) is 2.56. The maximum Gasteiger partial charge on any atom is 0.195 e. The molecule has 1 heterocycles. The molecule has 0 amide bonds. The van der Waals surface area contributed by atoms with Gasteiger partial charge < -0.3 is 0 Å². The van der Waals surface area contributed by atoms with Crippen molar-refractivity contribution < 1.29 is 4.39 Å². The molecule has 1 aromatic heterocycles. The van der Waals surface area contributed by atoms with Crippen molar-refractivity contribution in [1.82, 2.24) is 14.8 Å². The molecule has 0 saturated heterocycles. The number of nitrogens with zero attached hydrogens (tertiary/aromatic N) is 3. The summed E-state index contributed by atoms with van der Waals surface area (Å²) in [7, 11) is 0. The maximum absolute atomic E-state index is 12.6. The van der Waals surface area contributed by atoms with Crippen LogP contribution in [0.5, 0.6) is 0 Å². The van der Waals surface area contributed by atoms with Crippen molar-refractivity contribution in [2.75, 3.05) is 0 Å². The zero-order valence-electron chi connectivity index (χ0n) is 7.19. The lowest BCUT2D eigenvalue weighted by Crippen LogP contribution is -2.01. The summed E-state index contributed by atoms with van der Waals surface area (Å²) in [4.78, 5) is 3.92. The number of benzene rings is 1. The first-order valence-electron chi connectivity index (χ1n) is 4.03. The Labute approximate surface area is 88.7 Å². The van der Waals surface area contributed by atoms with E-state index in [1.54, 1.807) is 16.8 Å². The Morgan fingerprint density at radius 1 is 1.29 bits per heavy atom. The maximum atomic E-state index is 12.6. The highest BCUT2D eigenvalue weighted by molar-refractivity contribution is 9.10. The van der Waals surface area contributed by atoms with Crippen LogP contribution in [0.3, 0.4) is 0 Å². The molecule has 0 bridgehead atoms. The molecule has 0 fully saturated rings. The molecular formula is C9H7BrFN3. The van der Waals surface area contributed by atoms with Crippen LogP contribution >= 0.6 is 15.9 Å². The molecular weight excluding hydrogens is 249 g/mol. The summed E-state index contributed by atoms with van der Waals surface area (Å²) in [6, 6.07) is 6.31. The van der Waals surface area contributed by atoms with Crippen molar-refractivity contribution in [1.29, 1.82) is 0 Å². The van der Waals surface area contributed by atoms with E-state index in [4.69, 9.17) is 0 Å². The summed E-state index contributed by atoms with van der Waals surface area (Å²) in [5.74, 6) is -0.230. The van der Waals surface area contributed by atoms with Crippen LogP contribution in [0.1, 0.15) is 5.56 Å². The minimum atomic E-state index is -0.230. The SMILES string of the molecule is Fc1ccc(Cn2ncnc2Br)cc1. The molecule has 2 aromatic rings. The zero-order chi connectivity index (χ0) is 9.97. The van der Waals surface area contributed by atoms with Crippen LogP contribution in [0, 0.1) is 5.82 Å². The first-order chi connectivity index (χ1) is 6.75. The van der Waals surface area contributed by atoms with Gasteiger partial charge in [-0.2, -0.15) is 5.10 Å². The Kier molecular flexibility index (Phi) is 2.58. The third-order valence-electron chi connectivity index (χ3n) is 1.81. The first-order valence-corrected chi connectivity index (χ1v) is 4.83. The Morgan fingerprint density at radius 2 is 2.00 bits per heavy atom. The molecule has 3 nitrogen and oxygen atoms in total. The van der Waals surface area contributed by atoms with Crippen LogP contribution in [0.4, 0.5) is 4.39 Å². The average molecular weight is 256 g/mol.